The molecule has 1 aliphatic heterocycles. The number of carbonyl (C=O) groups is 1. The number of ether oxygens (including phenoxy) is 1. The van der Waals surface area contributed by atoms with E-state index in [9.17, 15) is 4.79 Å². The van der Waals surface area contributed by atoms with Crippen LogP contribution in [0, 0.1) is 12.1 Å². The van der Waals surface area contributed by atoms with Crippen LogP contribution in [0.1, 0.15) is 76.1 Å². The molecule has 3 aromatic rings. The lowest BCUT2D eigenvalue weighted by Crippen LogP contribution is -2.33. The fourth-order valence-corrected chi connectivity index (χ4v) is 7.37. The summed E-state index contributed by atoms with van der Waals surface area (Å²) in [5.74, 6) is 1.17. The minimum absolute atomic E-state index is 0.00962. The largest absolute Gasteiger partial charge is 0.492 e. The number of carbonyl (C=O) groups excluding carboxylic acids is 1. The van der Waals surface area contributed by atoms with Crippen molar-refractivity contribution in [2.24, 2.45) is 7.05 Å². The molecule has 0 unspecified atom stereocenters. The maximum atomic E-state index is 12.9. The number of aryl methyl sites for hydroxylation is 1. The number of fused-ring (bicyclic) bond motifs is 1. The molecule has 47 heavy (non-hydrogen) atoms. The number of anilines is 2. The van der Waals surface area contributed by atoms with E-state index >= 15 is 0 Å². The third kappa shape index (κ3) is 8.73. The fourth-order valence-electron chi connectivity index (χ4n) is 6.97. The van der Waals surface area contributed by atoms with Crippen LogP contribution in [0.2, 0.25) is 0 Å². The van der Waals surface area contributed by atoms with Gasteiger partial charge in [0.1, 0.15) is 0 Å². The van der Waals surface area contributed by atoms with Gasteiger partial charge in [-0.3, -0.25) is 9.69 Å². The summed E-state index contributed by atoms with van der Waals surface area (Å²) >= 11 is 2.17. The minimum Gasteiger partial charge on any atom is -0.492 e. The Morgan fingerprint density at radius 3 is 2.66 bits per heavy atom. The van der Waals surface area contributed by atoms with Crippen molar-refractivity contribution in [3.8, 4) is 5.75 Å². The van der Waals surface area contributed by atoms with E-state index in [0.29, 0.717) is 31.3 Å². The molecule has 2 aliphatic rings. The van der Waals surface area contributed by atoms with Crippen LogP contribution < -0.4 is 13.6 Å². The Labute approximate surface area is 296 Å². The van der Waals surface area contributed by atoms with Crippen LogP contribution in [0.25, 0.3) is 10.9 Å². The first-order chi connectivity index (χ1) is 22.5. The van der Waals surface area contributed by atoms with Crippen LogP contribution in [0.4, 0.5) is 11.4 Å². The van der Waals surface area contributed by atoms with Gasteiger partial charge in [-0.15, -0.1) is 0 Å². The van der Waals surface area contributed by atoms with Crippen molar-refractivity contribution in [1.29, 1.82) is 0 Å². The highest BCUT2D eigenvalue weighted by atomic mass is 127. The number of aromatic nitrogens is 1. The number of Topliss-reactive ketones (excluding diaryl/α,β-unsaturated/α-hetero) is 1. The van der Waals surface area contributed by atoms with Gasteiger partial charge in [-0.25, -0.2) is 0 Å². The summed E-state index contributed by atoms with van der Waals surface area (Å²) in [4.78, 5) is 17.5. The molecule has 1 atom stereocenters. The summed E-state index contributed by atoms with van der Waals surface area (Å²) in [6.07, 6.45) is 11.4. The molecule has 2 heterocycles. The third-order valence-electron chi connectivity index (χ3n) is 9.88. The fraction of sp³-hybridized carbons (Fsp3) is 0.513. The summed E-state index contributed by atoms with van der Waals surface area (Å²) in [6.45, 7) is 9.96. The molecule has 2 aromatic carbocycles. The monoisotopic (exact) mass is 749 g/mol. The van der Waals surface area contributed by atoms with Gasteiger partial charge in [-0.2, -0.15) is 0 Å². The molecule has 1 aliphatic carbocycles. The maximum Gasteiger partial charge on any atom is 0.165 e. The normalized spacial score (nSPS) is 18.4. The van der Waals surface area contributed by atoms with Crippen molar-refractivity contribution in [1.82, 2.24) is 14.4 Å². The second kappa shape index (κ2) is 15.5. The Morgan fingerprint density at radius 2 is 1.96 bits per heavy atom. The molecule has 1 fully saturated rings. The van der Waals surface area contributed by atoms with Crippen molar-refractivity contribution >= 4 is 50.9 Å². The van der Waals surface area contributed by atoms with Crippen molar-refractivity contribution in [3.63, 3.8) is 0 Å². The van der Waals surface area contributed by atoms with Gasteiger partial charge >= 0.3 is 0 Å². The Balaban J connectivity index is 1.22. The lowest BCUT2D eigenvalue weighted by Gasteiger charge is -2.23. The van der Waals surface area contributed by atoms with Crippen molar-refractivity contribution in [2.75, 3.05) is 49.7 Å². The second-order valence-electron chi connectivity index (χ2n) is 14.5. The van der Waals surface area contributed by atoms with E-state index in [-0.39, 0.29) is 5.41 Å². The van der Waals surface area contributed by atoms with Crippen LogP contribution in [0.15, 0.2) is 47.6 Å². The molecule has 0 radical (unpaired) electrons. The summed E-state index contributed by atoms with van der Waals surface area (Å²) in [6, 6.07) is 15.9. The highest BCUT2D eigenvalue weighted by Crippen LogP contribution is 2.39. The summed E-state index contributed by atoms with van der Waals surface area (Å²) in [7, 11) is 8.13. The molecule has 7 nitrogen and oxygen atoms in total. The van der Waals surface area contributed by atoms with Crippen molar-refractivity contribution < 1.29 is 9.53 Å². The van der Waals surface area contributed by atoms with E-state index in [2.05, 4.69) is 130 Å². The number of halogens is 1. The number of hydrogen-bond acceptors (Lipinski definition) is 6. The smallest absolute Gasteiger partial charge is 0.165 e. The number of ketones is 1. The average molecular weight is 750 g/mol. The first kappa shape index (κ1) is 35.3. The number of allylic oxidation sites excluding steroid dienone is 4. The van der Waals surface area contributed by atoms with Crippen LogP contribution in [-0.4, -0.2) is 67.0 Å². The van der Waals surface area contributed by atoms with Gasteiger partial charge in [-0.05, 0) is 81.4 Å². The van der Waals surface area contributed by atoms with E-state index in [1.165, 1.54) is 38.9 Å². The second-order valence-corrected chi connectivity index (χ2v) is 15.1. The van der Waals surface area contributed by atoms with Crippen LogP contribution >= 0.6 is 22.9 Å². The zero-order chi connectivity index (χ0) is 33.7. The SMILES string of the molecule is COc1c(NI)cc(C(C)(C)C)cc1NCc1cc2cc#cc(C/C=C3\CCC=C(CC(=O)CN4CC[C@H](N(C)C)C4)CC3)c2n1C. The van der Waals surface area contributed by atoms with E-state index in [1.54, 1.807) is 7.11 Å². The minimum atomic E-state index is 0.00962. The molecule has 0 amide bonds. The molecular weight excluding hydrogens is 697 g/mol. The van der Waals surface area contributed by atoms with Gasteiger partial charge in [0.2, 0.25) is 0 Å². The van der Waals surface area contributed by atoms with Crippen LogP contribution in [0.5, 0.6) is 5.75 Å². The molecule has 2 N–H and O–H groups in total. The molecular formula is C39H52IN5O2. The molecule has 5 rings (SSSR count). The van der Waals surface area contributed by atoms with Crippen LogP contribution in [0.3, 0.4) is 0 Å². The Morgan fingerprint density at radius 1 is 1.17 bits per heavy atom. The summed E-state index contributed by atoms with van der Waals surface area (Å²) in [5, 5.41) is 4.85. The van der Waals surface area contributed by atoms with E-state index in [4.69, 9.17) is 4.74 Å². The lowest BCUT2D eigenvalue weighted by molar-refractivity contribution is -0.119. The lowest BCUT2D eigenvalue weighted by atomic mass is 9.86. The number of likely N-dealkylation sites (tertiary alicyclic amines) is 1. The predicted molar refractivity (Wildman–Crippen MR) is 204 cm³/mol. The number of benzene rings is 1. The number of nitrogens with zero attached hydrogens (tertiary/aromatic N) is 3. The van der Waals surface area contributed by atoms with E-state index in [1.807, 2.05) is 6.07 Å². The molecule has 1 saturated heterocycles. The van der Waals surface area contributed by atoms with Crippen molar-refractivity contribution in [3.05, 3.63) is 76.5 Å². The summed E-state index contributed by atoms with van der Waals surface area (Å²) in [5.41, 5.74) is 9.55. The van der Waals surface area contributed by atoms with Crippen molar-refractivity contribution in [2.45, 2.75) is 83.7 Å². The molecule has 252 valence electrons. The molecule has 0 bridgehead atoms. The van der Waals surface area contributed by atoms with Gasteiger partial charge in [0.15, 0.2) is 11.5 Å². The highest BCUT2D eigenvalue weighted by Gasteiger charge is 2.25. The molecule has 8 heteroatoms. The first-order valence-electron chi connectivity index (χ1n) is 17.0. The Hall–Kier alpha value is -3.00. The number of likely N-dealkylation sites (N-methyl/N-ethyl adjacent to an activating group) is 1. The first-order valence-corrected chi connectivity index (χ1v) is 18.0. The zero-order valence-electron chi connectivity index (χ0n) is 29.4. The number of methoxy groups -OCH3 is 1. The quantitative estimate of drug-likeness (QED) is 0.111. The Bertz CT molecular complexity index is 1630. The number of nitrogens with one attached hydrogen (secondary N) is 2. The number of hydrogen-bond donors (Lipinski definition) is 2. The molecule has 0 spiro atoms. The third-order valence-corrected chi connectivity index (χ3v) is 10.5. The highest BCUT2D eigenvalue weighted by molar-refractivity contribution is 14.1. The molecule has 1 aromatic heterocycles. The maximum absolute atomic E-state index is 12.9. The standard InChI is InChI=1S/C39H52IN5O2/c1-39(2,3)31-22-35(38(47-7)36(23-31)42-40)41-24-33-21-30-13-9-12-29(37(30)44(33)6)17-16-27-10-8-11-28(15-14-27)20-34(46)26-45-19-18-32(25-45)43(4)5/h11,13,16,21-23,32,41-42H,8,10,14-15,17-20,24-26H2,1-7H3/b27-16+/t32-/m0/s1. The predicted octanol–water partition coefficient (Wildman–Crippen LogP) is 8.02. The van der Waals surface area contributed by atoms with Gasteiger partial charge in [0.05, 0.1) is 60.0 Å². The van der Waals surface area contributed by atoms with Crippen LogP contribution in [-0.2, 0) is 30.2 Å². The van der Waals surface area contributed by atoms with Gasteiger partial charge in [0.25, 0.3) is 0 Å². The Kier molecular flexibility index (Phi) is 11.6. The summed E-state index contributed by atoms with van der Waals surface area (Å²) < 4.78 is 11.4. The van der Waals surface area contributed by atoms with E-state index in [0.717, 1.165) is 68.7 Å². The molecule has 0 saturated carbocycles. The zero-order valence-corrected chi connectivity index (χ0v) is 31.5. The average Bonchev–Trinajstić information content (AvgIpc) is 3.56. The van der Waals surface area contributed by atoms with E-state index < -0.39 is 0 Å². The van der Waals surface area contributed by atoms with Gasteiger partial charge in [0, 0.05) is 55.7 Å². The van der Waals surface area contributed by atoms with Gasteiger partial charge < -0.3 is 23.1 Å². The van der Waals surface area contributed by atoms with Gasteiger partial charge in [-0.1, -0.05) is 56.2 Å². The topological polar surface area (TPSA) is 61.8 Å². The number of rotatable bonds is 12.